The van der Waals surface area contributed by atoms with Crippen LogP contribution in [0.2, 0.25) is 0 Å². The Morgan fingerprint density at radius 1 is 1.25 bits per heavy atom. The van der Waals surface area contributed by atoms with Gasteiger partial charge in [0.1, 0.15) is 0 Å². The van der Waals surface area contributed by atoms with Gasteiger partial charge in [0.2, 0.25) is 10.0 Å². The number of hydrogen-bond acceptors (Lipinski definition) is 3. The molecule has 0 aromatic heterocycles. The normalized spacial score (nSPS) is 19.4. The van der Waals surface area contributed by atoms with Crippen LogP contribution >= 0.6 is 0 Å². The molecular formula is C11H24N2O2S. The van der Waals surface area contributed by atoms with E-state index in [9.17, 15) is 8.42 Å². The molecule has 0 heterocycles. The van der Waals surface area contributed by atoms with Crippen LogP contribution in [0.25, 0.3) is 0 Å². The molecule has 0 aromatic carbocycles. The standard InChI is InChI=1S/C11H24N2O2S/c1-3-12-9-4-5-10-16(14,15)13-11(2)7-6-8-11/h12-13H,3-10H2,1-2H3. The van der Waals surface area contributed by atoms with Crippen LogP contribution in [-0.2, 0) is 10.0 Å². The number of nitrogens with one attached hydrogen (secondary N) is 2. The zero-order chi connectivity index (χ0) is 12.1. The molecule has 0 atom stereocenters. The lowest BCUT2D eigenvalue weighted by Crippen LogP contribution is -2.51. The molecule has 0 unspecified atom stereocenters. The second kappa shape index (κ2) is 5.98. The molecule has 1 rings (SSSR count). The Morgan fingerprint density at radius 2 is 1.94 bits per heavy atom. The summed E-state index contributed by atoms with van der Waals surface area (Å²) in [6.45, 7) is 5.90. The van der Waals surface area contributed by atoms with Gasteiger partial charge >= 0.3 is 0 Å². The van der Waals surface area contributed by atoms with E-state index in [-0.39, 0.29) is 11.3 Å². The van der Waals surface area contributed by atoms with Gasteiger partial charge in [-0.3, -0.25) is 0 Å². The summed E-state index contributed by atoms with van der Waals surface area (Å²) in [5.41, 5.74) is -0.152. The summed E-state index contributed by atoms with van der Waals surface area (Å²) in [4.78, 5) is 0. The zero-order valence-corrected chi connectivity index (χ0v) is 11.2. The summed E-state index contributed by atoms with van der Waals surface area (Å²) < 4.78 is 26.3. The number of unbranched alkanes of at least 4 members (excludes halogenated alkanes) is 1. The molecule has 96 valence electrons. The predicted molar refractivity (Wildman–Crippen MR) is 67.0 cm³/mol. The predicted octanol–water partition coefficient (Wildman–Crippen LogP) is 1.24. The quantitative estimate of drug-likeness (QED) is 0.635. The molecule has 0 bridgehead atoms. The van der Waals surface area contributed by atoms with Gasteiger partial charge in [-0.05, 0) is 52.1 Å². The van der Waals surface area contributed by atoms with Gasteiger partial charge in [-0.25, -0.2) is 13.1 Å². The lowest BCUT2D eigenvalue weighted by atomic mass is 9.80. The average Bonchev–Trinajstić information content (AvgIpc) is 2.14. The maximum atomic E-state index is 11.7. The van der Waals surface area contributed by atoms with Crippen molar-refractivity contribution in [3.05, 3.63) is 0 Å². The summed E-state index contributed by atoms with van der Waals surface area (Å²) in [7, 11) is -3.07. The van der Waals surface area contributed by atoms with E-state index in [2.05, 4.69) is 17.0 Å². The van der Waals surface area contributed by atoms with Gasteiger partial charge in [0.15, 0.2) is 0 Å². The Morgan fingerprint density at radius 3 is 2.44 bits per heavy atom. The Bertz CT molecular complexity index is 297. The molecule has 0 aliphatic heterocycles. The van der Waals surface area contributed by atoms with Gasteiger partial charge in [-0.1, -0.05) is 6.92 Å². The molecule has 5 heteroatoms. The van der Waals surface area contributed by atoms with Crippen molar-refractivity contribution in [2.45, 2.75) is 51.5 Å². The molecule has 0 spiro atoms. The summed E-state index contributed by atoms with van der Waals surface area (Å²) in [6.07, 6.45) is 4.75. The van der Waals surface area contributed by atoms with Crippen LogP contribution in [0.15, 0.2) is 0 Å². The van der Waals surface area contributed by atoms with Gasteiger partial charge in [0.05, 0.1) is 5.75 Å². The van der Waals surface area contributed by atoms with Gasteiger partial charge < -0.3 is 5.32 Å². The minimum Gasteiger partial charge on any atom is -0.317 e. The third kappa shape index (κ3) is 4.80. The Kier molecular flexibility index (Phi) is 5.21. The highest BCUT2D eigenvalue weighted by Crippen LogP contribution is 2.31. The highest BCUT2D eigenvalue weighted by atomic mass is 32.2. The Labute approximate surface area is 99.2 Å². The summed E-state index contributed by atoms with van der Waals surface area (Å²) in [5, 5.41) is 3.19. The van der Waals surface area contributed by atoms with Gasteiger partial charge in [-0.15, -0.1) is 0 Å². The summed E-state index contributed by atoms with van der Waals surface area (Å²) in [6, 6.07) is 0. The van der Waals surface area contributed by atoms with Crippen molar-refractivity contribution in [3.63, 3.8) is 0 Å². The first-order chi connectivity index (χ1) is 7.47. The molecule has 1 fully saturated rings. The number of sulfonamides is 1. The van der Waals surface area contributed by atoms with Gasteiger partial charge in [-0.2, -0.15) is 0 Å². The fourth-order valence-electron chi connectivity index (χ4n) is 1.95. The first-order valence-electron chi connectivity index (χ1n) is 6.20. The van der Waals surface area contributed by atoms with Crippen molar-refractivity contribution in [3.8, 4) is 0 Å². The Hall–Kier alpha value is -0.130. The number of hydrogen-bond donors (Lipinski definition) is 2. The van der Waals surface area contributed by atoms with E-state index >= 15 is 0 Å². The van der Waals surface area contributed by atoms with Crippen molar-refractivity contribution in [2.75, 3.05) is 18.8 Å². The average molecular weight is 248 g/mol. The van der Waals surface area contributed by atoms with E-state index in [4.69, 9.17) is 0 Å². The fraction of sp³-hybridized carbons (Fsp3) is 1.00. The topological polar surface area (TPSA) is 58.2 Å². The van der Waals surface area contributed by atoms with Crippen LogP contribution in [-0.4, -0.2) is 32.8 Å². The van der Waals surface area contributed by atoms with Crippen LogP contribution in [0.1, 0.15) is 46.0 Å². The SMILES string of the molecule is CCNCCCCS(=O)(=O)NC1(C)CCC1. The first kappa shape index (κ1) is 13.9. The maximum absolute atomic E-state index is 11.7. The third-order valence-electron chi connectivity index (χ3n) is 3.13. The first-order valence-corrected chi connectivity index (χ1v) is 7.85. The summed E-state index contributed by atoms with van der Waals surface area (Å²) in [5.74, 6) is 0.258. The minimum atomic E-state index is -3.07. The highest BCUT2D eigenvalue weighted by molar-refractivity contribution is 7.89. The van der Waals surface area contributed by atoms with Crippen LogP contribution < -0.4 is 10.0 Å². The number of rotatable bonds is 8. The second-order valence-corrected chi connectivity index (χ2v) is 6.74. The molecule has 1 saturated carbocycles. The maximum Gasteiger partial charge on any atom is 0.212 e. The molecule has 16 heavy (non-hydrogen) atoms. The molecule has 4 nitrogen and oxygen atoms in total. The van der Waals surface area contributed by atoms with Crippen LogP contribution in [0.5, 0.6) is 0 Å². The van der Waals surface area contributed by atoms with E-state index in [1.807, 2.05) is 6.92 Å². The van der Waals surface area contributed by atoms with Crippen molar-refractivity contribution >= 4 is 10.0 Å². The van der Waals surface area contributed by atoms with Crippen molar-refractivity contribution in [1.82, 2.24) is 10.0 Å². The minimum absolute atomic E-state index is 0.152. The van der Waals surface area contributed by atoms with Gasteiger partial charge in [0, 0.05) is 5.54 Å². The van der Waals surface area contributed by atoms with Crippen molar-refractivity contribution in [1.29, 1.82) is 0 Å². The Balaban J connectivity index is 2.18. The third-order valence-corrected chi connectivity index (χ3v) is 4.76. The van der Waals surface area contributed by atoms with Crippen molar-refractivity contribution < 1.29 is 8.42 Å². The molecule has 0 amide bonds. The fourth-order valence-corrected chi connectivity index (χ4v) is 3.60. The van der Waals surface area contributed by atoms with E-state index in [1.165, 1.54) is 0 Å². The van der Waals surface area contributed by atoms with Crippen LogP contribution in [0.3, 0.4) is 0 Å². The molecule has 1 aliphatic carbocycles. The molecule has 1 aliphatic rings. The van der Waals surface area contributed by atoms with Crippen LogP contribution in [0, 0.1) is 0 Å². The monoisotopic (exact) mass is 248 g/mol. The van der Waals surface area contributed by atoms with E-state index in [0.29, 0.717) is 0 Å². The summed E-state index contributed by atoms with van der Waals surface area (Å²) >= 11 is 0. The zero-order valence-electron chi connectivity index (χ0n) is 10.4. The van der Waals surface area contributed by atoms with E-state index in [1.54, 1.807) is 0 Å². The molecular weight excluding hydrogens is 224 g/mol. The molecule has 0 radical (unpaired) electrons. The van der Waals surface area contributed by atoms with E-state index < -0.39 is 10.0 Å². The highest BCUT2D eigenvalue weighted by Gasteiger charge is 2.35. The largest absolute Gasteiger partial charge is 0.317 e. The lowest BCUT2D eigenvalue weighted by Gasteiger charge is -2.38. The molecule has 0 aromatic rings. The van der Waals surface area contributed by atoms with Gasteiger partial charge in [0.25, 0.3) is 0 Å². The molecule has 0 saturated heterocycles. The smallest absolute Gasteiger partial charge is 0.212 e. The molecule has 2 N–H and O–H groups in total. The van der Waals surface area contributed by atoms with Crippen LogP contribution in [0.4, 0.5) is 0 Å². The van der Waals surface area contributed by atoms with Crippen molar-refractivity contribution in [2.24, 2.45) is 0 Å². The second-order valence-electron chi connectivity index (χ2n) is 4.90. The lowest BCUT2D eigenvalue weighted by molar-refractivity contribution is 0.248. The van der Waals surface area contributed by atoms with E-state index in [0.717, 1.165) is 45.2 Å².